The number of amides is 2. The van der Waals surface area contributed by atoms with E-state index in [9.17, 15) is 24.0 Å². The van der Waals surface area contributed by atoms with Crippen molar-refractivity contribution < 1.29 is 55.4 Å². The van der Waals surface area contributed by atoms with Crippen LogP contribution in [0.5, 0.6) is 0 Å². The van der Waals surface area contributed by atoms with Crippen LogP contribution >= 0.6 is 0 Å². The number of nitrogens with zero attached hydrogens (tertiary/aromatic N) is 5. The van der Waals surface area contributed by atoms with Gasteiger partial charge in [-0.1, -0.05) is 0 Å². The third-order valence-corrected chi connectivity index (χ3v) is 7.77. The van der Waals surface area contributed by atoms with Crippen LogP contribution in [0.1, 0.15) is 55.8 Å². The molecule has 2 aliphatic carbocycles. The van der Waals surface area contributed by atoms with Crippen LogP contribution in [0.25, 0.3) is 0 Å². The number of fused-ring (bicyclic) bond motifs is 5. The predicted octanol–water partition coefficient (Wildman–Crippen LogP) is 0.161. The summed E-state index contributed by atoms with van der Waals surface area (Å²) in [5, 5.41) is 33.8. The first-order chi connectivity index (χ1) is 22.5. The van der Waals surface area contributed by atoms with Crippen molar-refractivity contribution in [2.24, 2.45) is 23.7 Å². The largest absolute Gasteiger partial charge is 0.481 e. The van der Waals surface area contributed by atoms with E-state index < -0.39 is 85.7 Å². The van der Waals surface area contributed by atoms with Gasteiger partial charge in [0.2, 0.25) is 17.8 Å². The van der Waals surface area contributed by atoms with E-state index in [1.54, 1.807) is 23.4 Å². The quantitative estimate of drug-likeness (QED) is 0.257. The van der Waals surface area contributed by atoms with E-state index >= 15 is 0 Å². The minimum Gasteiger partial charge on any atom is -0.481 e. The minimum atomic E-state index is -3.55. The number of rotatable bonds is 11. The molecule has 14 heteroatoms. The molecular weight excluding hydrogens is 538 g/mol. The fourth-order valence-electron chi connectivity index (χ4n) is 5.90. The van der Waals surface area contributed by atoms with Crippen molar-refractivity contribution in [3.8, 4) is 0 Å². The van der Waals surface area contributed by atoms with Gasteiger partial charge in [-0.05, 0) is 56.4 Å². The minimum absolute atomic E-state index is 0.0128. The van der Waals surface area contributed by atoms with Crippen molar-refractivity contribution in [2.75, 3.05) is 44.1 Å². The van der Waals surface area contributed by atoms with Crippen LogP contribution in [0.3, 0.4) is 0 Å². The zero-order chi connectivity index (χ0) is 36.9. The van der Waals surface area contributed by atoms with E-state index in [0.29, 0.717) is 5.95 Å². The number of carbonyl (C=O) groups excluding carboxylic acids is 2. The Morgan fingerprint density at radius 3 is 1.88 bits per heavy atom. The number of aliphatic hydroxyl groups is 1. The molecule has 1 aromatic heterocycles. The third kappa shape index (κ3) is 6.99. The number of hydrogen-bond acceptors (Lipinski definition) is 10. The van der Waals surface area contributed by atoms with E-state index in [1.165, 1.54) is 0 Å². The number of likely N-dealkylation sites (tertiary alicyclic amines) is 1. The molecule has 4 aliphatic rings. The van der Waals surface area contributed by atoms with E-state index in [-0.39, 0.29) is 42.9 Å². The molecule has 41 heavy (non-hydrogen) atoms. The first-order valence-corrected chi connectivity index (χ1v) is 13.1. The number of anilines is 1. The molecule has 1 aromatic rings. The van der Waals surface area contributed by atoms with Gasteiger partial charge in [0.15, 0.2) is 5.60 Å². The monoisotopic (exact) mass is 583 g/mol. The maximum atomic E-state index is 13.2. The van der Waals surface area contributed by atoms with Crippen LogP contribution in [-0.4, -0.2) is 115 Å². The summed E-state index contributed by atoms with van der Waals surface area (Å²) in [6, 6.07) is 1.66. The van der Waals surface area contributed by atoms with Crippen molar-refractivity contribution in [3.63, 3.8) is 0 Å². The van der Waals surface area contributed by atoms with Gasteiger partial charge < -0.3 is 25.3 Å². The lowest BCUT2D eigenvalue weighted by Crippen LogP contribution is -2.47. The van der Waals surface area contributed by atoms with Crippen molar-refractivity contribution in [1.82, 2.24) is 19.8 Å². The van der Waals surface area contributed by atoms with Crippen LogP contribution < -0.4 is 4.90 Å². The zero-order valence-electron chi connectivity index (χ0n) is 30.0. The highest BCUT2D eigenvalue weighted by Crippen LogP contribution is 2.56. The first-order valence-electron chi connectivity index (χ1n) is 17.1. The van der Waals surface area contributed by atoms with Crippen molar-refractivity contribution >= 4 is 35.7 Å². The highest BCUT2D eigenvalue weighted by atomic mass is 16.4. The van der Waals surface area contributed by atoms with Crippen molar-refractivity contribution in [3.05, 3.63) is 18.5 Å². The lowest BCUT2D eigenvalue weighted by atomic mass is 9.81. The number of hydrogen-bond donors (Lipinski definition) is 4. The van der Waals surface area contributed by atoms with Gasteiger partial charge in [-0.3, -0.25) is 29.0 Å². The fraction of sp³-hybridized carbons (Fsp3) is 0.667. The summed E-state index contributed by atoms with van der Waals surface area (Å²) >= 11 is 0. The van der Waals surface area contributed by atoms with Gasteiger partial charge in [-0.15, -0.1) is 0 Å². The molecule has 5 rings (SSSR count). The maximum absolute atomic E-state index is 13.2. The molecule has 2 aliphatic heterocycles. The summed E-state index contributed by atoms with van der Waals surface area (Å²) in [5.74, 6) is -7.67. The first kappa shape index (κ1) is 21.1. The molecular formula is C27H37N5O9. The molecule has 224 valence electrons. The molecule has 2 saturated carbocycles. The molecule has 0 unspecified atom stereocenters. The van der Waals surface area contributed by atoms with Gasteiger partial charge in [0.05, 0.1) is 24.7 Å². The lowest BCUT2D eigenvalue weighted by molar-refractivity contribution is -0.170. The summed E-state index contributed by atoms with van der Waals surface area (Å²) in [6.07, 6.45) is -3.87. The second-order valence-electron chi connectivity index (χ2n) is 10.4. The Morgan fingerprint density at radius 1 is 0.878 bits per heavy atom. The molecule has 4 atom stereocenters. The summed E-state index contributed by atoms with van der Waals surface area (Å²) in [6.45, 7) is -5.80. The number of carboxylic acids is 3. The van der Waals surface area contributed by atoms with E-state index in [0.717, 1.165) is 24.2 Å². The molecule has 4 N–H and O–H groups in total. The smallest absolute Gasteiger partial charge is 0.336 e. The Bertz CT molecular complexity index is 1440. The predicted molar refractivity (Wildman–Crippen MR) is 142 cm³/mol. The second kappa shape index (κ2) is 12.9. The van der Waals surface area contributed by atoms with Gasteiger partial charge in [-0.2, -0.15) is 0 Å². The number of imide groups is 1. The summed E-state index contributed by atoms with van der Waals surface area (Å²) in [4.78, 5) is 68.4. The number of carbonyl (C=O) groups is 5. The molecule has 0 aromatic carbocycles. The number of aromatic nitrogens is 2. The Balaban J connectivity index is 0.000000355. The average molecular weight is 584 g/mol. The molecule has 3 heterocycles. The van der Waals surface area contributed by atoms with Crippen LogP contribution in [0.2, 0.25) is 0 Å². The molecule has 0 radical (unpaired) electrons. The molecule has 2 bridgehead atoms. The molecule has 14 nitrogen and oxygen atoms in total. The number of piperazine rings is 1. The van der Waals surface area contributed by atoms with Gasteiger partial charge in [0.1, 0.15) is 0 Å². The van der Waals surface area contributed by atoms with Gasteiger partial charge in [0.25, 0.3) is 0 Å². The molecule has 2 saturated heterocycles. The second-order valence-corrected chi connectivity index (χ2v) is 10.4. The van der Waals surface area contributed by atoms with Crippen molar-refractivity contribution in [1.29, 1.82) is 0 Å². The Labute approximate surface area is 248 Å². The van der Waals surface area contributed by atoms with E-state index in [1.807, 2.05) is 0 Å². The van der Waals surface area contributed by atoms with Crippen LogP contribution in [0.15, 0.2) is 18.5 Å². The highest BCUT2D eigenvalue weighted by molar-refractivity contribution is 6.06. The normalized spacial score (nSPS) is 29.9. The molecule has 0 spiro atoms. The van der Waals surface area contributed by atoms with E-state index in [2.05, 4.69) is 9.97 Å². The van der Waals surface area contributed by atoms with Crippen molar-refractivity contribution in [2.45, 2.75) is 50.5 Å². The maximum Gasteiger partial charge on any atom is 0.336 e. The van der Waals surface area contributed by atoms with Crippen LogP contribution in [-0.2, 0) is 24.0 Å². The van der Waals surface area contributed by atoms with E-state index in [4.69, 9.17) is 31.4 Å². The van der Waals surface area contributed by atoms with Gasteiger partial charge in [-0.25, -0.2) is 14.8 Å². The standard InChI is InChI=1S/C21H29N5O2.C6H8O7/c27-19-17-15-4-5-16(14-15)18(17)20(28)26(19)9-2-1-8-24-10-12-25(13-11-24)21-22-6-3-7-23-21;7-3(8)1-6(13,5(11)12)2-4(9)10/h3,6-7,15-18H,1-2,4-5,8-14H2;13H,1-2H2,(H,7,8)(H,9,10)(H,11,12)/t15-,16+,17+,18-;/i1D2,2D2,8D2,9D2;. The topological polar surface area (TPSA) is 202 Å². The summed E-state index contributed by atoms with van der Waals surface area (Å²) in [7, 11) is 0. The SMILES string of the molecule is O=C(O)CC(O)(CC(=O)O)C(=O)O.[2H]C([2H])(N1CCN(c2ncccn2)CC1)C([2H])([2H])C([2H])([2H])C([2H])([2H])N1C(=O)[C@@H]2[C@H]3CC[C@H](C3)[C@@H]2C1=O. The Kier molecular flexibility index (Phi) is 6.64. The average Bonchev–Trinajstić information content (AvgIpc) is 3.70. The molecule has 4 fully saturated rings. The van der Waals surface area contributed by atoms with Gasteiger partial charge >= 0.3 is 17.9 Å². The third-order valence-electron chi connectivity index (χ3n) is 7.77. The molecule has 2 amide bonds. The Hall–Kier alpha value is -3.65. The number of aliphatic carboxylic acids is 3. The van der Waals surface area contributed by atoms with Crippen LogP contribution in [0, 0.1) is 23.7 Å². The Morgan fingerprint density at radius 2 is 1.39 bits per heavy atom. The number of carboxylic acid groups (broad SMARTS) is 3. The summed E-state index contributed by atoms with van der Waals surface area (Å²) in [5.41, 5.74) is -2.74. The summed E-state index contributed by atoms with van der Waals surface area (Å²) < 4.78 is 68.3. The zero-order valence-corrected chi connectivity index (χ0v) is 22.0. The fourth-order valence-corrected chi connectivity index (χ4v) is 5.90. The lowest BCUT2D eigenvalue weighted by Gasteiger charge is -2.34. The van der Waals surface area contributed by atoms with Gasteiger partial charge in [0, 0.05) is 56.0 Å². The van der Waals surface area contributed by atoms with Crippen LogP contribution in [0.4, 0.5) is 5.95 Å². The highest BCUT2D eigenvalue weighted by Gasteiger charge is 2.60.